The van der Waals surface area contributed by atoms with E-state index in [-0.39, 0.29) is 6.10 Å². The molecule has 1 aliphatic carbocycles. The lowest BCUT2D eigenvalue weighted by Gasteiger charge is -2.16. The smallest absolute Gasteiger partial charge is 0.184 e. The Bertz CT molecular complexity index is 735. The molecule has 1 atom stereocenters. The molecule has 1 saturated carbocycles. The minimum Gasteiger partial charge on any atom is -0.497 e. The van der Waals surface area contributed by atoms with Crippen molar-refractivity contribution in [1.82, 2.24) is 5.16 Å². The van der Waals surface area contributed by atoms with Crippen molar-refractivity contribution in [3.63, 3.8) is 0 Å². The van der Waals surface area contributed by atoms with Crippen molar-refractivity contribution in [2.24, 2.45) is 11.1 Å². The normalized spacial score (nSPS) is 16.6. The van der Waals surface area contributed by atoms with Crippen LogP contribution in [0.1, 0.15) is 50.9 Å². The van der Waals surface area contributed by atoms with E-state index in [0.717, 1.165) is 11.3 Å². The van der Waals surface area contributed by atoms with Crippen molar-refractivity contribution >= 4 is 6.21 Å². The van der Waals surface area contributed by atoms with E-state index < -0.39 is 0 Å². The van der Waals surface area contributed by atoms with Gasteiger partial charge in [-0.05, 0) is 37.8 Å². The summed E-state index contributed by atoms with van der Waals surface area (Å²) in [7, 11) is 3.24. The van der Waals surface area contributed by atoms with Crippen LogP contribution >= 0.6 is 0 Å². The van der Waals surface area contributed by atoms with E-state index >= 15 is 0 Å². The van der Waals surface area contributed by atoms with Crippen LogP contribution in [-0.2, 0) is 4.84 Å². The average molecular weight is 358 g/mol. The van der Waals surface area contributed by atoms with Crippen molar-refractivity contribution < 1.29 is 18.8 Å². The van der Waals surface area contributed by atoms with E-state index in [4.69, 9.17) is 18.8 Å². The zero-order valence-electron chi connectivity index (χ0n) is 15.6. The van der Waals surface area contributed by atoms with Gasteiger partial charge in [0.1, 0.15) is 17.2 Å². The van der Waals surface area contributed by atoms with E-state index in [1.165, 1.54) is 32.1 Å². The molecule has 26 heavy (non-hydrogen) atoms. The molecular formula is C20H26N2O4. The highest BCUT2D eigenvalue weighted by molar-refractivity contribution is 5.68. The summed E-state index contributed by atoms with van der Waals surface area (Å²) in [5.41, 5.74) is 1.52. The number of benzene rings is 1. The van der Waals surface area contributed by atoms with Gasteiger partial charge in [0.2, 0.25) is 0 Å². The van der Waals surface area contributed by atoms with Gasteiger partial charge in [0.05, 0.1) is 14.2 Å². The topological polar surface area (TPSA) is 66.1 Å². The standard InChI is InChI=1S/C20H26N2O4/c1-14(25-21-13-15-7-5-4-6-8-15)19-12-18(22-26-19)17-10-9-16(23-2)11-20(17)24-3/h9-15H,4-8H2,1-3H3/b21-13-/t14-/m0/s1. The van der Waals surface area contributed by atoms with Gasteiger partial charge in [0.25, 0.3) is 0 Å². The van der Waals surface area contributed by atoms with Crippen LogP contribution in [0.5, 0.6) is 11.5 Å². The van der Waals surface area contributed by atoms with E-state index in [1.807, 2.05) is 37.4 Å². The van der Waals surface area contributed by atoms with Gasteiger partial charge in [0.15, 0.2) is 11.9 Å². The molecule has 0 saturated heterocycles. The number of ether oxygens (including phenoxy) is 2. The van der Waals surface area contributed by atoms with Gasteiger partial charge in [-0.15, -0.1) is 0 Å². The van der Waals surface area contributed by atoms with Gasteiger partial charge in [-0.2, -0.15) is 0 Å². The molecule has 1 fully saturated rings. The zero-order valence-corrected chi connectivity index (χ0v) is 15.6. The Labute approximate surface area is 154 Å². The van der Waals surface area contributed by atoms with Crippen LogP contribution in [0.25, 0.3) is 11.3 Å². The average Bonchev–Trinajstić information content (AvgIpc) is 3.18. The predicted molar refractivity (Wildman–Crippen MR) is 99.6 cm³/mol. The number of aromatic nitrogens is 1. The third-order valence-corrected chi connectivity index (χ3v) is 4.75. The summed E-state index contributed by atoms with van der Waals surface area (Å²) in [6.45, 7) is 1.90. The molecule has 2 aromatic rings. The Morgan fingerprint density at radius 2 is 1.96 bits per heavy atom. The van der Waals surface area contributed by atoms with E-state index in [0.29, 0.717) is 23.1 Å². The molecule has 1 aromatic heterocycles. The number of oxime groups is 1. The highest BCUT2D eigenvalue weighted by Gasteiger charge is 2.18. The second kappa shape index (κ2) is 8.74. The summed E-state index contributed by atoms with van der Waals surface area (Å²) >= 11 is 0. The Morgan fingerprint density at radius 1 is 1.15 bits per heavy atom. The molecule has 3 rings (SSSR count). The molecule has 0 unspecified atom stereocenters. The quantitative estimate of drug-likeness (QED) is 0.514. The fourth-order valence-electron chi connectivity index (χ4n) is 3.17. The van der Waals surface area contributed by atoms with E-state index in [9.17, 15) is 0 Å². The summed E-state index contributed by atoms with van der Waals surface area (Å²) in [6.07, 6.45) is 7.91. The molecule has 1 aromatic carbocycles. The van der Waals surface area contributed by atoms with Gasteiger partial charge in [-0.3, -0.25) is 0 Å². The summed E-state index contributed by atoms with van der Waals surface area (Å²) in [6, 6.07) is 7.43. The SMILES string of the molecule is COc1ccc(-c2cc([C@H](C)O/N=C\C3CCCCC3)on2)c(OC)c1. The third kappa shape index (κ3) is 4.36. The fraction of sp³-hybridized carbons (Fsp3) is 0.500. The Morgan fingerprint density at radius 3 is 2.69 bits per heavy atom. The van der Waals surface area contributed by atoms with Crippen LogP contribution in [0.2, 0.25) is 0 Å². The first kappa shape index (κ1) is 18.3. The lowest BCUT2D eigenvalue weighted by atomic mass is 9.90. The maximum Gasteiger partial charge on any atom is 0.184 e. The van der Waals surface area contributed by atoms with Gasteiger partial charge >= 0.3 is 0 Å². The monoisotopic (exact) mass is 358 g/mol. The largest absolute Gasteiger partial charge is 0.497 e. The second-order valence-corrected chi connectivity index (χ2v) is 6.58. The molecule has 1 heterocycles. The summed E-state index contributed by atoms with van der Waals surface area (Å²) in [5, 5.41) is 8.30. The fourth-order valence-corrected chi connectivity index (χ4v) is 3.17. The molecule has 0 amide bonds. The number of methoxy groups -OCH3 is 2. The lowest BCUT2D eigenvalue weighted by molar-refractivity contribution is 0.0518. The van der Waals surface area contributed by atoms with Crippen LogP contribution in [-0.4, -0.2) is 25.6 Å². The number of hydrogen-bond acceptors (Lipinski definition) is 6. The molecule has 6 heteroatoms. The Balaban J connectivity index is 1.66. The molecule has 6 nitrogen and oxygen atoms in total. The zero-order chi connectivity index (χ0) is 18.4. The molecule has 0 aliphatic heterocycles. The maximum atomic E-state index is 5.56. The van der Waals surface area contributed by atoms with Crippen molar-refractivity contribution in [1.29, 1.82) is 0 Å². The molecule has 140 valence electrons. The summed E-state index contributed by atoms with van der Waals surface area (Å²) < 4.78 is 16.1. The molecule has 0 N–H and O–H groups in total. The van der Waals surface area contributed by atoms with Crippen molar-refractivity contribution in [3.8, 4) is 22.8 Å². The first-order valence-electron chi connectivity index (χ1n) is 9.09. The van der Waals surface area contributed by atoms with E-state index in [2.05, 4.69) is 10.3 Å². The third-order valence-electron chi connectivity index (χ3n) is 4.75. The highest BCUT2D eigenvalue weighted by Crippen LogP contribution is 2.34. The predicted octanol–water partition coefficient (Wildman–Crippen LogP) is 5.00. The van der Waals surface area contributed by atoms with Gasteiger partial charge < -0.3 is 18.8 Å². The second-order valence-electron chi connectivity index (χ2n) is 6.58. The molecule has 0 bridgehead atoms. The van der Waals surface area contributed by atoms with Gasteiger partial charge in [0, 0.05) is 23.9 Å². The van der Waals surface area contributed by atoms with Crippen LogP contribution in [0.15, 0.2) is 33.9 Å². The number of hydrogen-bond donors (Lipinski definition) is 0. The minimum absolute atomic E-state index is 0.305. The van der Waals surface area contributed by atoms with Gasteiger partial charge in [-0.25, -0.2) is 0 Å². The lowest BCUT2D eigenvalue weighted by Crippen LogP contribution is -2.07. The van der Waals surface area contributed by atoms with Crippen molar-refractivity contribution in [2.75, 3.05) is 14.2 Å². The van der Waals surface area contributed by atoms with Crippen LogP contribution in [0, 0.1) is 5.92 Å². The summed E-state index contributed by atoms with van der Waals surface area (Å²) in [4.78, 5) is 5.56. The Hall–Kier alpha value is -2.50. The minimum atomic E-state index is -0.305. The number of nitrogens with zero attached hydrogens (tertiary/aromatic N) is 2. The number of rotatable bonds is 7. The van der Waals surface area contributed by atoms with Crippen LogP contribution in [0.4, 0.5) is 0 Å². The van der Waals surface area contributed by atoms with Crippen LogP contribution in [0.3, 0.4) is 0 Å². The van der Waals surface area contributed by atoms with Gasteiger partial charge in [-0.1, -0.05) is 29.6 Å². The molecule has 0 spiro atoms. The molecule has 0 radical (unpaired) electrons. The first-order valence-corrected chi connectivity index (χ1v) is 9.09. The first-order chi connectivity index (χ1) is 12.7. The maximum absolute atomic E-state index is 5.56. The Kier molecular flexibility index (Phi) is 6.15. The summed E-state index contributed by atoms with van der Waals surface area (Å²) in [5.74, 6) is 2.56. The highest BCUT2D eigenvalue weighted by atomic mass is 16.6. The van der Waals surface area contributed by atoms with Crippen molar-refractivity contribution in [2.45, 2.75) is 45.1 Å². The van der Waals surface area contributed by atoms with E-state index in [1.54, 1.807) is 14.2 Å². The molecule has 1 aliphatic rings. The van der Waals surface area contributed by atoms with Crippen molar-refractivity contribution in [3.05, 3.63) is 30.0 Å². The van der Waals surface area contributed by atoms with Crippen LogP contribution < -0.4 is 9.47 Å². The molecular weight excluding hydrogens is 332 g/mol.